The molecule has 0 saturated heterocycles. The van der Waals surface area contributed by atoms with E-state index in [1.807, 2.05) is 18.2 Å². The quantitative estimate of drug-likeness (QED) is 0.380. The van der Waals surface area contributed by atoms with E-state index in [2.05, 4.69) is 72.8 Å². The normalized spacial score (nSPS) is 10.8. The highest BCUT2D eigenvalue weighted by atomic mass is 35.5. The summed E-state index contributed by atoms with van der Waals surface area (Å²) in [6.07, 6.45) is 0. The van der Waals surface area contributed by atoms with Crippen molar-refractivity contribution in [2.24, 2.45) is 0 Å². The van der Waals surface area contributed by atoms with Crippen LogP contribution >= 0.6 is 11.6 Å². The Hall–Kier alpha value is -2.57. The van der Waals surface area contributed by atoms with Crippen molar-refractivity contribution in [1.82, 2.24) is 0 Å². The first kappa shape index (κ1) is 14.0. The third-order valence-electron chi connectivity index (χ3n) is 4.11. The molecule has 0 spiro atoms. The first-order valence-corrected chi connectivity index (χ1v) is 8.03. The van der Waals surface area contributed by atoms with Gasteiger partial charge in [-0.05, 0) is 57.3 Å². The van der Waals surface area contributed by atoms with Gasteiger partial charge >= 0.3 is 0 Å². The number of halogens is 1. The van der Waals surface area contributed by atoms with E-state index in [1.165, 1.54) is 33.0 Å². The highest BCUT2D eigenvalue weighted by Gasteiger charge is 2.03. The van der Waals surface area contributed by atoms with Gasteiger partial charge in [0.1, 0.15) is 0 Å². The second-order valence-corrected chi connectivity index (χ2v) is 6.09. The van der Waals surface area contributed by atoms with Gasteiger partial charge in [-0.1, -0.05) is 78.3 Å². The van der Waals surface area contributed by atoms with Crippen LogP contribution in [0.2, 0.25) is 5.02 Å². The fourth-order valence-corrected chi connectivity index (χ4v) is 3.09. The van der Waals surface area contributed by atoms with E-state index in [9.17, 15) is 0 Å². The second-order valence-electron chi connectivity index (χ2n) is 5.65. The zero-order valence-corrected chi connectivity index (χ0v) is 13.3. The lowest BCUT2D eigenvalue weighted by atomic mass is 9.97. The minimum atomic E-state index is 0.774. The Morgan fingerprint density at radius 1 is 0.435 bits per heavy atom. The lowest BCUT2D eigenvalue weighted by Gasteiger charge is -2.08. The summed E-state index contributed by atoms with van der Waals surface area (Å²) >= 11 is 6.06. The van der Waals surface area contributed by atoms with Gasteiger partial charge in [-0.25, -0.2) is 0 Å². The minimum Gasteiger partial charge on any atom is -0.0843 e. The summed E-state index contributed by atoms with van der Waals surface area (Å²) in [5.74, 6) is 0. The van der Waals surface area contributed by atoms with Crippen LogP contribution in [0.3, 0.4) is 0 Å². The summed E-state index contributed by atoms with van der Waals surface area (Å²) in [6, 6.07) is 31.6. The van der Waals surface area contributed by atoms with Crippen molar-refractivity contribution < 1.29 is 0 Å². The highest BCUT2D eigenvalue weighted by Crippen LogP contribution is 2.29. The summed E-state index contributed by atoms with van der Waals surface area (Å²) in [7, 11) is 0. The molecule has 0 radical (unpaired) electrons. The molecule has 0 fully saturated rings. The summed E-state index contributed by atoms with van der Waals surface area (Å²) in [5, 5.41) is 3.15. The van der Waals surface area contributed by atoms with Gasteiger partial charge in [0.2, 0.25) is 0 Å². The van der Waals surface area contributed by atoms with Gasteiger partial charge in [-0.3, -0.25) is 0 Å². The van der Waals surface area contributed by atoms with Crippen molar-refractivity contribution >= 4 is 22.4 Å². The molecule has 0 saturated carbocycles. The Balaban J connectivity index is 1.80. The molecule has 4 aromatic rings. The molecule has 0 bridgehead atoms. The van der Waals surface area contributed by atoms with Crippen molar-refractivity contribution in [3.8, 4) is 22.3 Å². The van der Waals surface area contributed by atoms with Crippen molar-refractivity contribution in [2.45, 2.75) is 0 Å². The molecule has 0 aliphatic rings. The van der Waals surface area contributed by atoms with E-state index in [0.717, 1.165) is 5.02 Å². The molecule has 0 aromatic heterocycles. The summed E-state index contributed by atoms with van der Waals surface area (Å²) in [4.78, 5) is 0. The average Bonchev–Trinajstić information content (AvgIpc) is 2.62. The topological polar surface area (TPSA) is 0 Å². The van der Waals surface area contributed by atoms with E-state index in [-0.39, 0.29) is 0 Å². The average molecular weight is 315 g/mol. The van der Waals surface area contributed by atoms with Crippen LogP contribution in [0.25, 0.3) is 33.0 Å². The largest absolute Gasteiger partial charge is 0.0843 e. The third-order valence-corrected chi connectivity index (χ3v) is 4.34. The number of rotatable bonds is 2. The van der Waals surface area contributed by atoms with E-state index in [0.29, 0.717) is 0 Å². The van der Waals surface area contributed by atoms with E-state index >= 15 is 0 Å². The second kappa shape index (κ2) is 5.91. The minimum absolute atomic E-state index is 0.774. The standard InChI is InChI=1S/C22H15Cl/c23-22-12-11-20-14-19(9-10-21(20)15-22)18-8-4-7-17(13-18)16-5-2-1-3-6-16/h1-15H. The van der Waals surface area contributed by atoms with E-state index < -0.39 is 0 Å². The first-order chi connectivity index (χ1) is 11.3. The lowest BCUT2D eigenvalue weighted by molar-refractivity contribution is 1.60. The SMILES string of the molecule is Clc1ccc2cc(-c3cccc(-c4ccccc4)c3)ccc2c1. The Morgan fingerprint density at radius 3 is 1.87 bits per heavy atom. The highest BCUT2D eigenvalue weighted by molar-refractivity contribution is 6.31. The Kier molecular flexibility index (Phi) is 3.61. The van der Waals surface area contributed by atoms with Crippen LogP contribution < -0.4 is 0 Å². The Labute approximate surface area is 141 Å². The van der Waals surface area contributed by atoms with Crippen LogP contribution in [0.5, 0.6) is 0 Å². The zero-order valence-electron chi connectivity index (χ0n) is 12.5. The van der Waals surface area contributed by atoms with Gasteiger partial charge in [0, 0.05) is 5.02 Å². The van der Waals surface area contributed by atoms with Crippen LogP contribution in [0.1, 0.15) is 0 Å². The molecule has 0 nitrogen and oxygen atoms in total. The molecule has 0 aliphatic heterocycles. The van der Waals surface area contributed by atoms with Crippen molar-refractivity contribution in [1.29, 1.82) is 0 Å². The van der Waals surface area contributed by atoms with Gasteiger partial charge < -0.3 is 0 Å². The van der Waals surface area contributed by atoms with Crippen molar-refractivity contribution in [2.75, 3.05) is 0 Å². The zero-order chi connectivity index (χ0) is 15.6. The molecule has 1 heteroatoms. The summed E-state index contributed by atoms with van der Waals surface area (Å²) < 4.78 is 0. The monoisotopic (exact) mass is 314 g/mol. The molecule has 0 amide bonds. The maximum Gasteiger partial charge on any atom is 0.0412 e. The number of benzene rings is 4. The maximum atomic E-state index is 6.06. The number of hydrogen-bond acceptors (Lipinski definition) is 0. The smallest absolute Gasteiger partial charge is 0.0412 e. The molecule has 0 aliphatic carbocycles. The van der Waals surface area contributed by atoms with Crippen molar-refractivity contribution in [3.05, 3.63) is 96.0 Å². The molecule has 110 valence electrons. The molecule has 0 heterocycles. The van der Waals surface area contributed by atoms with Gasteiger partial charge in [0.25, 0.3) is 0 Å². The van der Waals surface area contributed by atoms with Gasteiger partial charge in [-0.2, -0.15) is 0 Å². The molecular formula is C22H15Cl. The fraction of sp³-hybridized carbons (Fsp3) is 0. The van der Waals surface area contributed by atoms with Gasteiger partial charge in [0.15, 0.2) is 0 Å². The molecule has 0 N–H and O–H groups in total. The number of fused-ring (bicyclic) bond motifs is 1. The summed E-state index contributed by atoms with van der Waals surface area (Å²) in [5.41, 5.74) is 4.92. The van der Waals surface area contributed by atoms with Gasteiger partial charge in [-0.15, -0.1) is 0 Å². The predicted molar refractivity (Wildman–Crippen MR) is 99.8 cm³/mol. The van der Waals surface area contributed by atoms with Crippen LogP contribution in [0, 0.1) is 0 Å². The first-order valence-electron chi connectivity index (χ1n) is 7.65. The fourth-order valence-electron chi connectivity index (χ4n) is 2.91. The van der Waals surface area contributed by atoms with Crippen LogP contribution in [0.15, 0.2) is 91.0 Å². The Morgan fingerprint density at radius 2 is 1.04 bits per heavy atom. The van der Waals surface area contributed by atoms with E-state index in [1.54, 1.807) is 0 Å². The van der Waals surface area contributed by atoms with Crippen LogP contribution in [-0.4, -0.2) is 0 Å². The molecule has 4 aromatic carbocycles. The molecule has 23 heavy (non-hydrogen) atoms. The predicted octanol–water partition coefficient (Wildman–Crippen LogP) is 6.83. The van der Waals surface area contributed by atoms with Crippen molar-refractivity contribution in [3.63, 3.8) is 0 Å². The van der Waals surface area contributed by atoms with Crippen LogP contribution in [-0.2, 0) is 0 Å². The van der Waals surface area contributed by atoms with E-state index in [4.69, 9.17) is 11.6 Å². The molecule has 0 unspecified atom stereocenters. The maximum absolute atomic E-state index is 6.06. The van der Waals surface area contributed by atoms with Gasteiger partial charge in [0.05, 0.1) is 0 Å². The van der Waals surface area contributed by atoms with Crippen LogP contribution in [0.4, 0.5) is 0 Å². The number of hydrogen-bond donors (Lipinski definition) is 0. The third kappa shape index (κ3) is 2.86. The molecule has 4 rings (SSSR count). The Bertz CT molecular complexity index is 971. The molecule has 0 atom stereocenters. The lowest BCUT2D eigenvalue weighted by Crippen LogP contribution is -1.82. The molecular weight excluding hydrogens is 300 g/mol. The summed E-state index contributed by atoms with van der Waals surface area (Å²) in [6.45, 7) is 0.